The van der Waals surface area contributed by atoms with Gasteiger partial charge in [0.25, 0.3) is 15.9 Å². The summed E-state index contributed by atoms with van der Waals surface area (Å²) in [5.41, 5.74) is 0.0587. The second-order valence-electron chi connectivity index (χ2n) is 7.63. The number of halogens is 2. The third-order valence-corrected chi connectivity index (χ3v) is 7.47. The van der Waals surface area contributed by atoms with Crippen LogP contribution in [0.25, 0.3) is 0 Å². The van der Waals surface area contributed by atoms with Crippen LogP contribution in [-0.2, 0) is 19.6 Å². The second-order valence-corrected chi connectivity index (χ2v) is 10.0. The first-order valence-corrected chi connectivity index (χ1v) is 12.0. The van der Waals surface area contributed by atoms with Crippen molar-refractivity contribution in [1.82, 2.24) is 5.32 Å². The summed E-state index contributed by atoms with van der Waals surface area (Å²) >= 11 is 6.10. The van der Waals surface area contributed by atoms with Crippen molar-refractivity contribution in [3.8, 4) is 0 Å². The standard InChI is InChI=1S/C22H24ClFN2O5S/c1-14(21(27)25-16-5-3-4-6-16)31-22(28)19-13-18(11-12-20(19)23)32(29,30)26(2)17-9-7-15(24)8-10-17/h7-14,16H,3-6H2,1-2H3,(H,25,27)/t14-/m0/s1. The number of esters is 1. The van der Waals surface area contributed by atoms with Gasteiger partial charge in [-0.05, 0) is 62.2 Å². The van der Waals surface area contributed by atoms with Gasteiger partial charge < -0.3 is 10.1 Å². The van der Waals surface area contributed by atoms with Crippen LogP contribution in [0.2, 0.25) is 5.02 Å². The molecular weight excluding hydrogens is 459 g/mol. The Labute approximate surface area is 191 Å². The van der Waals surface area contributed by atoms with Crippen LogP contribution in [0.1, 0.15) is 43.0 Å². The molecule has 1 fully saturated rings. The van der Waals surface area contributed by atoms with Crippen LogP contribution in [0.3, 0.4) is 0 Å². The van der Waals surface area contributed by atoms with Crippen molar-refractivity contribution in [1.29, 1.82) is 0 Å². The number of nitrogens with one attached hydrogen (secondary N) is 1. The molecule has 10 heteroatoms. The minimum atomic E-state index is -4.07. The van der Waals surface area contributed by atoms with E-state index in [-0.39, 0.29) is 27.2 Å². The molecule has 2 aromatic carbocycles. The Kier molecular flexibility index (Phi) is 7.40. The van der Waals surface area contributed by atoms with E-state index in [0.717, 1.165) is 48.2 Å². The first-order valence-electron chi connectivity index (χ1n) is 10.1. The summed E-state index contributed by atoms with van der Waals surface area (Å²) < 4.78 is 45.4. The van der Waals surface area contributed by atoms with Gasteiger partial charge in [-0.15, -0.1) is 0 Å². The predicted octanol–water partition coefficient (Wildman–Crippen LogP) is 3.91. The molecule has 2 aromatic rings. The molecule has 0 aliphatic heterocycles. The molecule has 1 saturated carbocycles. The Hall–Kier alpha value is -2.65. The fourth-order valence-electron chi connectivity index (χ4n) is 3.44. The van der Waals surface area contributed by atoms with Gasteiger partial charge in [-0.1, -0.05) is 24.4 Å². The highest BCUT2D eigenvalue weighted by molar-refractivity contribution is 7.92. The normalized spacial score (nSPS) is 15.2. The number of rotatable bonds is 7. The van der Waals surface area contributed by atoms with Gasteiger partial charge in [0.15, 0.2) is 6.10 Å². The summed E-state index contributed by atoms with van der Waals surface area (Å²) in [7, 11) is -2.76. The van der Waals surface area contributed by atoms with Crippen molar-refractivity contribution in [3.05, 3.63) is 58.9 Å². The zero-order valence-corrected chi connectivity index (χ0v) is 19.2. The van der Waals surface area contributed by atoms with Crippen LogP contribution in [0.15, 0.2) is 47.4 Å². The maximum Gasteiger partial charge on any atom is 0.340 e. The lowest BCUT2D eigenvalue weighted by atomic mass is 10.2. The fourth-order valence-corrected chi connectivity index (χ4v) is 4.85. The highest BCUT2D eigenvalue weighted by Crippen LogP contribution is 2.27. The number of amides is 1. The molecule has 0 bridgehead atoms. The SMILES string of the molecule is C[C@H](OC(=O)c1cc(S(=O)(=O)N(C)c2ccc(F)cc2)ccc1Cl)C(=O)NC1CCCC1. The minimum absolute atomic E-state index is 0.0122. The lowest BCUT2D eigenvalue weighted by molar-refractivity contribution is -0.129. The Bertz CT molecular complexity index is 1100. The number of carbonyl (C=O) groups is 2. The number of hydrogen-bond donors (Lipinski definition) is 1. The molecule has 1 N–H and O–H groups in total. The Balaban J connectivity index is 1.77. The van der Waals surface area contributed by atoms with Crippen LogP contribution in [0.4, 0.5) is 10.1 Å². The van der Waals surface area contributed by atoms with Gasteiger partial charge in [0.1, 0.15) is 5.82 Å². The maximum absolute atomic E-state index is 13.2. The highest BCUT2D eigenvalue weighted by Gasteiger charge is 2.27. The molecular formula is C22H24ClFN2O5S. The zero-order chi connectivity index (χ0) is 23.5. The van der Waals surface area contributed by atoms with Gasteiger partial charge in [-0.25, -0.2) is 17.6 Å². The highest BCUT2D eigenvalue weighted by atomic mass is 35.5. The van der Waals surface area contributed by atoms with Gasteiger partial charge in [0.2, 0.25) is 0 Å². The van der Waals surface area contributed by atoms with Crippen molar-refractivity contribution in [2.24, 2.45) is 0 Å². The van der Waals surface area contributed by atoms with E-state index < -0.39 is 33.8 Å². The average molecular weight is 483 g/mol. The van der Waals surface area contributed by atoms with Gasteiger partial charge >= 0.3 is 5.97 Å². The molecule has 1 aliphatic carbocycles. The topological polar surface area (TPSA) is 92.8 Å². The first kappa shape index (κ1) is 24.0. The lowest BCUT2D eigenvalue weighted by Gasteiger charge is -2.20. The molecule has 0 heterocycles. The van der Waals surface area contributed by atoms with Gasteiger partial charge in [0.05, 0.1) is 21.2 Å². The Morgan fingerprint density at radius 3 is 2.41 bits per heavy atom. The first-order chi connectivity index (χ1) is 15.1. The zero-order valence-electron chi connectivity index (χ0n) is 17.7. The van der Waals surface area contributed by atoms with E-state index >= 15 is 0 Å². The molecule has 0 aromatic heterocycles. The van der Waals surface area contributed by atoms with Gasteiger partial charge in [-0.2, -0.15) is 0 Å². The molecule has 1 amide bonds. The molecule has 7 nitrogen and oxygen atoms in total. The summed E-state index contributed by atoms with van der Waals surface area (Å²) in [6.45, 7) is 1.44. The smallest absolute Gasteiger partial charge is 0.340 e. The summed E-state index contributed by atoms with van der Waals surface area (Å²) in [5, 5.41) is 2.83. The van der Waals surface area contributed by atoms with E-state index in [1.54, 1.807) is 0 Å². The quantitative estimate of drug-likeness (QED) is 0.604. The van der Waals surface area contributed by atoms with E-state index in [2.05, 4.69) is 5.32 Å². The number of carbonyl (C=O) groups excluding carboxylic acids is 2. The van der Waals surface area contributed by atoms with Crippen LogP contribution in [0.5, 0.6) is 0 Å². The number of ether oxygens (including phenoxy) is 1. The van der Waals surface area contributed by atoms with Crippen molar-refractivity contribution < 1.29 is 27.1 Å². The maximum atomic E-state index is 13.2. The molecule has 0 radical (unpaired) electrons. The van der Waals surface area contributed by atoms with Crippen molar-refractivity contribution >= 4 is 39.2 Å². The Morgan fingerprint density at radius 1 is 1.16 bits per heavy atom. The van der Waals surface area contributed by atoms with Gasteiger partial charge in [0, 0.05) is 13.1 Å². The van der Waals surface area contributed by atoms with Crippen LogP contribution in [0, 0.1) is 5.82 Å². The third kappa shape index (κ3) is 5.39. The second kappa shape index (κ2) is 9.87. The average Bonchev–Trinajstić information content (AvgIpc) is 3.26. The van der Waals surface area contributed by atoms with E-state index in [4.69, 9.17) is 16.3 Å². The van der Waals surface area contributed by atoms with Crippen LogP contribution >= 0.6 is 11.6 Å². The molecule has 1 atom stereocenters. The summed E-state index contributed by atoms with van der Waals surface area (Å²) in [6, 6.07) is 8.63. The summed E-state index contributed by atoms with van der Waals surface area (Å²) in [6.07, 6.45) is 2.80. The molecule has 32 heavy (non-hydrogen) atoms. The van der Waals surface area contributed by atoms with E-state index in [0.29, 0.717) is 0 Å². The largest absolute Gasteiger partial charge is 0.449 e. The number of benzene rings is 2. The van der Waals surface area contributed by atoms with Crippen molar-refractivity contribution in [2.45, 2.75) is 49.6 Å². The number of hydrogen-bond acceptors (Lipinski definition) is 5. The number of nitrogens with zero attached hydrogens (tertiary/aromatic N) is 1. The monoisotopic (exact) mass is 482 g/mol. The van der Waals surface area contributed by atoms with E-state index in [9.17, 15) is 22.4 Å². The van der Waals surface area contributed by atoms with Crippen LogP contribution in [-0.4, -0.2) is 39.5 Å². The van der Waals surface area contributed by atoms with Crippen LogP contribution < -0.4 is 9.62 Å². The fraction of sp³-hybridized carbons (Fsp3) is 0.364. The number of sulfonamides is 1. The summed E-state index contributed by atoms with van der Waals surface area (Å²) in [5.74, 6) is -1.83. The Morgan fingerprint density at radius 2 is 1.78 bits per heavy atom. The summed E-state index contributed by atoms with van der Waals surface area (Å²) in [4.78, 5) is 24.7. The predicted molar refractivity (Wildman–Crippen MR) is 119 cm³/mol. The molecule has 3 rings (SSSR count). The molecule has 0 spiro atoms. The lowest BCUT2D eigenvalue weighted by Crippen LogP contribution is -2.40. The minimum Gasteiger partial charge on any atom is -0.449 e. The van der Waals surface area contributed by atoms with E-state index in [1.807, 2.05) is 0 Å². The van der Waals surface area contributed by atoms with Crippen molar-refractivity contribution in [3.63, 3.8) is 0 Å². The molecule has 172 valence electrons. The third-order valence-electron chi connectivity index (χ3n) is 5.36. The molecule has 0 saturated heterocycles. The van der Waals surface area contributed by atoms with E-state index in [1.165, 1.54) is 38.2 Å². The van der Waals surface area contributed by atoms with Crippen molar-refractivity contribution in [2.75, 3.05) is 11.4 Å². The molecule has 0 unspecified atom stereocenters. The number of anilines is 1. The van der Waals surface area contributed by atoms with Gasteiger partial charge in [-0.3, -0.25) is 9.10 Å². The molecule has 1 aliphatic rings.